The van der Waals surface area contributed by atoms with Crippen LogP contribution in [0.25, 0.3) is 0 Å². The molecule has 1 nitrogen and oxygen atoms in total. The first-order valence-electron chi connectivity index (χ1n) is 9.47. The van der Waals surface area contributed by atoms with Gasteiger partial charge in [0, 0.05) is 6.42 Å². The van der Waals surface area contributed by atoms with Gasteiger partial charge < -0.3 is 0 Å². The molecule has 6 unspecified atom stereocenters. The lowest BCUT2D eigenvalue weighted by atomic mass is 9.49. The first-order valence-corrected chi connectivity index (χ1v) is 9.47. The summed E-state index contributed by atoms with van der Waals surface area (Å²) < 4.78 is 0. The highest BCUT2D eigenvalue weighted by atomic mass is 16.1. The summed E-state index contributed by atoms with van der Waals surface area (Å²) in [6, 6.07) is 0. The molecule has 120 valence electrons. The standard InChI is InChI=1S/C21H30O/c1-4-21-12-13(2)20-17-9-7-16(22)11-15(17)6-8-18(20)19(21)10-5-14(21)3/h11,14,17-20H,2,4-10,12H2,1,3H3. The Kier molecular flexibility index (Phi) is 3.40. The van der Waals surface area contributed by atoms with Crippen LogP contribution in [0.3, 0.4) is 0 Å². The first kappa shape index (κ1) is 14.7. The molecular weight excluding hydrogens is 268 g/mol. The number of fused-ring (bicyclic) bond motifs is 5. The van der Waals surface area contributed by atoms with Crippen LogP contribution >= 0.6 is 0 Å². The number of carbonyl (C=O) groups excluding carboxylic acids is 1. The monoisotopic (exact) mass is 298 g/mol. The summed E-state index contributed by atoms with van der Waals surface area (Å²) in [5.41, 5.74) is 3.54. The van der Waals surface area contributed by atoms with Gasteiger partial charge in [-0.2, -0.15) is 0 Å². The third kappa shape index (κ3) is 1.87. The van der Waals surface area contributed by atoms with Crippen molar-refractivity contribution in [2.75, 3.05) is 0 Å². The predicted octanol–water partition coefficient (Wildman–Crippen LogP) is 5.32. The minimum atomic E-state index is 0.364. The molecule has 6 atom stereocenters. The Morgan fingerprint density at radius 2 is 2.05 bits per heavy atom. The van der Waals surface area contributed by atoms with Crippen LogP contribution in [0.5, 0.6) is 0 Å². The highest BCUT2D eigenvalue weighted by Crippen LogP contribution is 2.65. The van der Waals surface area contributed by atoms with E-state index >= 15 is 0 Å². The lowest BCUT2D eigenvalue weighted by Crippen LogP contribution is -2.48. The third-order valence-corrected chi connectivity index (χ3v) is 8.02. The van der Waals surface area contributed by atoms with Crippen molar-refractivity contribution in [1.29, 1.82) is 0 Å². The lowest BCUT2D eigenvalue weighted by molar-refractivity contribution is -0.115. The normalized spacial score (nSPS) is 47.5. The molecule has 0 N–H and O–H groups in total. The molecule has 4 rings (SSSR count). The van der Waals surface area contributed by atoms with E-state index in [1.165, 1.54) is 49.7 Å². The Labute approximate surface area is 135 Å². The quantitative estimate of drug-likeness (QED) is 0.599. The van der Waals surface area contributed by atoms with Crippen LogP contribution in [0.1, 0.15) is 65.2 Å². The molecule has 0 aromatic carbocycles. The summed E-state index contributed by atoms with van der Waals surface area (Å²) in [5, 5.41) is 0. The minimum Gasteiger partial charge on any atom is -0.295 e. The van der Waals surface area contributed by atoms with Crippen LogP contribution in [-0.2, 0) is 4.79 Å². The molecular formula is C21H30O. The topological polar surface area (TPSA) is 17.1 Å². The van der Waals surface area contributed by atoms with Crippen molar-refractivity contribution in [3.8, 4) is 0 Å². The van der Waals surface area contributed by atoms with Crippen molar-refractivity contribution in [2.24, 2.45) is 35.0 Å². The zero-order valence-corrected chi connectivity index (χ0v) is 14.2. The molecule has 0 heterocycles. The maximum Gasteiger partial charge on any atom is 0.155 e. The van der Waals surface area contributed by atoms with E-state index in [0.29, 0.717) is 23.0 Å². The van der Waals surface area contributed by atoms with E-state index < -0.39 is 0 Å². The fraction of sp³-hybridized carbons (Fsp3) is 0.762. The maximum absolute atomic E-state index is 11.8. The van der Waals surface area contributed by atoms with Gasteiger partial charge in [0.1, 0.15) is 0 Å². The number of ketones is 1. The zero-order chi connectivity index (χ0) is 15.5. The first-order chi connectivity index (χ1) is 10.6. The molecule has 22 heavy (non-hydrogen) atoms. The Morgan fingerprint density at radius 1 is 1.23 bits per heavy atom. The van der Waals surface area contributed by atoms with E-state index in [1.807, 2.05) is 6.08 Å². The molecule has 3 saturated carbocycles. The summed E-state index contributed by atoms with van der Waals surface area (Å²) in [4.78, 5) is 11.8. The second kappa shape index (κ2) is 5.08. The summed E-state index contributed by atoms with van der Waals surface area (Å²) in [6.45, 7) is 9.49. The fourth-order valence-corrected chi connectivity index (χ4v) is 6.98. The average Bonchev–Trinajstić information content (AvgIpc) is 2.84. The number of allylic oxidation sites excluding steroid dienone is 2. The SMILES string of the molecule is C=C1CC2(CC)C(C)CCC2C2CCC3=CC(=O)CCC3C12. The predicted molar refractivity (Wildman–Crippen MR) is 90.4 cm³/mol. The van der Waals surface area contributed by atoms with Gasteiger partial charge >= 0.3 is 0 Å². The van der Waals surface area contributed by atoms with Crippen LogP contribution in [0.2, 0.25) is 0 Å². The second-order valence-electron chi connectivity index (χ2n) is 8.57. The minimum absolute atomic E-state index is 0.364. The Balaban J connectivity index is 1.70. The zero-order valence-electron chi connectivity index (χ0n) is 14.2. The number of carbonyl (C=O) groups is 1. The van der Waals surface area contributed by atoms with Crippen molar-refractivity contribution >= 4 is 5.78 Å². The van der Waals surface area contributed by atoms with Crippen molar-refractivity contribution < 1.29 is 4.79 Å². The summed E-state index contributed by atoms with van der Waals surface area (Å²) >= 11 is 0. The molecule has 0 aromatic rings. The van der Waals surface area contributed by atoms with E-state index in [-0.39, 0.29) is 0 Å². The Hall–Kier alpha value is -0.850. The summed E-state index contributed by atoms with van der Waals surface area (Å²) in [5.74, 6) is 4.33. The Morgan fingerprint density at radius 3 is 2.82 bits per heavy atom. The van der Waals surface area contributed by atoms with Gasteiger partial charge in [-0.15, -0.1) is 0 Å². The second-order valence-corrected chi connectivity index (χ2v) is 8.57. The molecule has 4 aliphatic carbocycles. The highest BCUT2D eigenvalue weighted by Gasteiger charge is 2.57. The van der Waals surface area contributed by atoms with E-state index in [2.05, 4.69) is 20.4 Å². The van der Waals surface area contributed by atoms with E-state index in [9.17, 15) is 4.79 Å². The van der Waals surface area contributed by atoms with Crippen LogP contribution in [-0.4, -0.2) is 5.78 Å². The third-order valence-electron chi connectivity index (χ3n) is 8.02. The van der Waals surface area contributed by atoms with Crippen LogP contribution < -0.4 is 0 Å². The summed E-state index contributed by atoms with van der Waals surface area (Å²) in [7, 11) is 0. The fourth-order valence-electron chi connectivity index (χ4n) is 6.98. The molecule has 4 aliphatic rings. The largest absolute Gasteiger partial charge is 0.295 e. The highest BCUT2D eigenvalue weighted by molar-refractivity contribution is 5.91. The van der Waals surface area contributed by atoms with Gasteiger partial charge in [-0.05, 0) is 86.0 Å². The van der Waals surface area contributed by atoms with E-state index in [0.717, 1.165) is 30.6 Å². The number of rotatable bonds is 1. The van der Waals surface area contributed by atoms with Crippen LogP contribution in [0, 0.1) is 35.0 Å². The number of hydrogen-bond donors (Lipinski definition) is 0. The molecule has 0 amide bonds. The van der Waals surface area contributed by atoms with Crippen molar-refractivity contribution in [2.45, 2.75) is 65.2 Å². The van der Waals surface area contributed by atoms with Crippen molar-refractivity contribution in [3.63, 3.8) is 0 Å². The van der Waals surface area contributed by atoms with Gasteiger partial charge in [0.15, 0.2) is 5.78 Å². The number of hydrogen-bond acceptors (Lipinski definition) is 1. The molecule has 3 fully saturated rings. The molecule has 1 heteroatoms. The summed E-state index contributed by atoms with van der Waals surface area (Å²) in [6.07, 6.45) is 11.8. The van der Waals surface area contributed by atoms with Gasteiger partial charge in [0.05, 0.1) is 0 Å². The molecule has 0 saturated heterocycles. The van der Waals surface area contributed by atoms with E-state index in [4.69, 9.17) is 0 Å². The average molecular weight is 298 g/mol. The Bertz CT molecular complexity index is 542. The van der Waals surface area contributed by atoms with Gasteiger partial charge in [-0.25, -0.2) is 0 Å². The van der Waals surface area contributed by atoms with Gasteiger partial charge in [-0.1, -0.05) is 31.6 Å². The van der Waals surface area contributed by atoms with Gasteiger partial charge in [0.2, 0.25) is 0 Å². The van der Waals surface area contributed by atoms with Crippen LogP contribution in [0.4, 0.5) is 0 Å². The molecule has 0 bridgehead atoms. The van der Waals surface area contributed by atoms with Gasteiger partial charge in [0.25, 0.3) is 0 Å². The van der Waals surface area contributed by atoms with Crippen LogP contribution in [0.15, 0.2) is 23.8 Å². The smallest absolute Gasteiger partial charge is 0.155 e. The molecule has 0 aliphatic heterocycles. The molecule has 0 spiro atoms. The van der Waals surface area contributed by atoms with Gasteiger partial charge in [-0.3, -0.25) is 4.79 Å². The maximum atomic E-state index is 11.8. The van der Waals surface area contributed by atoms with E-state index in [1.54, 1.807) is 0 Å². The van der Waals surface area contributed by atoms with Crippen molar-refractivity contribution in [3.05, 3.63) is 23.8 Å². The lowest BCUT2D eigenvalue weighted by Gasteiger charge is -2.55. The van der Waals surface area contributed by atoms with Crippen molar-refractivity contribution in [1.82, 2.24) is 0 Å². The molecule has 0 aromatic heterocycles. The molecule has 0 radical (unpaired) electrons.